The third-order valence-electron chi connectivity index (χ3n) is 8.41. The number of aromatic nitrogens is 1. The zero-order chi connectivity index (χ0) is 25.4. The van der Waals surface area contributed by atoms with E-state index in [4.69, 9.17) is 0 Å². The summed E-state index contributed by atoms with van der Waals surface area (Å²) in [7, 11) is 0. The van der Waals surface area contributed by atoms with Gasteiger partial charge in [-0.2, -0.15) is 0 Å². The lowest BCUT2D eigenvalue weighted by Gasteiger charge is -2.34. The summed E-state index contributed by atoms with van der Waals surface area (Å²) in [6.45, 7) is 12.9. The number of rotatable bonds is 7. The summed E-state index contributed by atoms with van der Waals surface area (Å²) < 4.78 is 2.44. The minimum atomic E-state index is -0.857. The Bertz CT molecular complexity index is 1230. The van der Waals surface area contributed by atoms with E-state index < -0.39 is 5.97 Å². The summed E-state index contributed by atoms with van der Waals surface area (Å²) in [4.78, 5) is 17.0. The van der Waals surface area contributed by atoms with Gasteiger partial charge in [-0.1, -0.05) is 43.5 Å². The van der Waals surface area contributed by atoms with E-state index in [0.717, 1.165) is 31.7 Å². The molecule has 5 rings (SSSR count). The van der Waals surface area contributed by atoms with Gasteiger partial charge < -0.3 is 14.6 Å². The van der Waals surface area contributed by atoms with Crippen molar-refractivity contribution in [1.29, 1.82) is 0 Å². The van der Waals surface area contributed by atoms with E-state index in [9.17, 15) is 9.90 Å². The highest BCUT2D eigenvalue weighted by molar-refractivity contribution is 5.99. The van der Waals surface area contributed by atoms with Crippen LogP contribution in [0.3, 0.4) is 0 Å². The second-order valence-corrected chi connectivity index (χ2v) is 11.2. The zero-order valence-electron chi connectivity index (χ0n) is 22.3. The molecule has 1 aliphatic carbocycles. The molecule has 1 saturated carbocycles. The van der Waals surface area contributed by atoms with Gasteiger partial charge in [-0.3, -0.25) is 4.90 Å². The van der Waals surface area contributed by atoms with Gasteiger partial charge in [0.15, 0.2) is 0 Å². The van der Waals surface area contributed by atoms with Crippen LogP contribution in [0.4, 0.5) is 5.69 Å². The van der Waals surface area contributed by atoms with Crippen LogP contribution >= 0.6 is 0 Å². The van der Waals surface area contributed by atoms with E-state index >= 15 is 0 Å². The Morgan fingerprint density at radius 2 is 1.72 bits per heavy atom. The first-order chi connectivity index (χ1) is 17.4. The van der Waals surface area contributed by atoms with Crippen molar-refractivity contribution >= 4 is 22.6 Å². The molecule has 192 valence electrons. The van der Waals surface area contributed by atoms with Crippen LogP contribution in [-0.4, -0.2) is 52.3 Å². The largest absolute Gasteiger partial charge is 0.478 e. The molecule has 0 bridgehead atoms. The number of benzene rings is 2. The number of nitrogens with zero attached hydrogens (tertiary/aromatic N) is 3. The fourth-order valence-electron chi connectivity index (χ4n) is 6.71. The van der Waals surface area contributed by atoms with E-state index in [1.807, 2.05) is 6.07 Å². The normalized spacial score (nSPS) is 16.6. The predicted molar refractivity (Wildman–Crippen MR) is 149 cm³/mol. The average molecular weight is 488 g/mol. The number of hydrogen-bond acceptors (Lipinski definition) is 3. The van der Waals surface area contributed by atoms with Crippen molar-refractivity contribution in [3.8, 4) is 11.3 Å². The topological polar surface area (TPSA) is 48.7 Å². The molecular weight excluding hydrogens is 446 g/mol. The van der Waals surface area contributed by atoms with Crippen molar-refractivity contribution in [1.82, 2.24) is 9.47 Å². The molecule has 1 fully saturated rings. The molecule has 0 amide bonds. The Morgan fingerprint density at radius 1 is 1.00 bits per heavy atom. The Kier molecular flexibility index (Phi) is 7.11. The number of aromatic carboxylic acids is 1. The molecule has 0 unspecified atom stereocenters. The third kappa shape index (κ3) is 4.54. The Labute approximate surface area is 215 Å². The van der Waals surface area contributed by atoms with Crippen molar-refractivity contribution in [3.63, 3.8) is 0 Å². The number of para-hydroxylation sites is 1. The first kappa shape index (κ1) is 24.9. The van der Waals surface area contributed by atoms with Gasteiger partial charge in [-0.25, -0.2) is 4.79 Å². The van der Waals surface area contributed by atoms with Crippen LogP contribution in [-0.2, 0) is 6.54 Å². The van der Waals surface area contributed by atoms with Gasteiger partial charge in [0.25, 0.3) is 0 Å². The summed E-state index contributed by atoms with van der Waals surface area (Å²) in [6, 6.07) is 15.7. The molecule has 1 aliphatic heterocycles. The molecule has 0 spiro atoms. The molecule has 2 heterocycles. The van der Waals surface area contributed by atoms with Crippen LogP contribution in [0.5, 0.6) is 0 Å². The van der Waals surface area contributed by atoms with Gasteiger partial charge in [-0.05, 0) is 70.2 Å². The highest BCUT2D eigenvalue weighted by Gasteiger charge is 2.30. The van der Waals surface area contributed by atoms with Crippen molar-refractivity contribution in [2.24, 2.45) is 0 Å². The summed E-state index contributed by atoms with van der Waals surface area (Å²) in [6.07, 6.45) is 6.31. The molecule has 1 N–H and O–H groups in total. The Morgan fingerprint density at radius 3 is 2.42 bits per heavy atom. The molecule has 2 aliphatic rings. The number of carboxylic acid groups (broad SMARTS) is 1. The van der Waals surface area contributed by atoms with Crippen molar-refractivity contribution in [2.45, 2.75) is 84.3 Å². The van der Waals surface area contributed by atoms with E-state index in [2.05, 4.69) is 72.4 Å². The van der Waals surface area contributed by atoms with Crippen LogP contribution in [0.1, 0.15) is 81.6 Å². The number of carboxylic acids is 1. The summed E-state index contributed by atoms with van der Waals surface area (Å²) in [5, 5.41) is 11.0. The lowest BCUT2D eigenvalue weighted by atomic mass is 9.81. The molecule has 2 aromatic carbocycles. The molecule has 5 nitrogen and oxygen atoms in total. The van der Waals surface area contributed by atoms with Gasteiger partial charge in [0.2, 0.25) is 0 Å². The maximum Gasteiger partial charge on any atom is 0.335 e. The number of anilines is 1. The quantitative estimate of drug-likeness (QED) is 0.390. The second-order valence-electron chi connectivity index (χ2n) is 11.2. The maximum atomic E-state index is 11.9. The molecular formula is C31H41N3O2. The van der Waals surface area contributed by atoms with Crippen LogP contribution in [0.2, 0.25) is 0 Å². The average Bonchev–Trinajstić information content (AvgIpc) is 3.10. The van der Waals surface area contributed by atoms with Gasteiger partial charge in [0.1, 0.15) is 0 Å². The summed E-state index contributed by atoms with van der Waals surface area (Å²) in [5.74, 6) is -0.324. The lowest BCUT2D eigenvalue weighted by molar-refractivity contribution is 0.0697. The highest BCUT2D eigenvalue weighted by Crippen LogP contribution is 2.47. The lowest BCUT2D eigenvalue weighted by Crippen LogP contribution is -2.43. The molecule has 0 saturated heterocycles. The fraction of sp³-hybridized carbons (Fsp3) is 0.516. The van der Waals surface area contributed by atoms with Crippen LogP contribution in [0.25, 0.3) is 22.2 Å². The van der Waals surface area contributed by atoms with E-state index in [0.29, 0.717) is 23.6 Å². The summed E-state index contributed by atoms with van der Waals surface area (Å²) >= 11 is 0. The van der Waals surface area contributed by atoms with E-state index in [1.54, 1.807) is 6.07 Å². The monoisotopic (exact) mass is 487 g/mol. The number of hydrogen-bond donors (Lipinski definition) is 1. The number of fused-ring (bicyclic) bond motifs is 5. The van der Waals surface area contributed by atoms with Gasteiger partial charge in [-0.15, -0.1) is 0 Å². The molecule has 5 heteroatoms. The minimum Gasteiger partial charge on any atom is -0.478 e. The molecule has 3 aromatic rings. The Hall–Kier alpha value is -2.79. The van der Waals surface area contributed by atoms with Crippen LogP contribution in [0, 0.1) is 0 Å². The summed E-state index contributed by atoms with van der Waals surface area (Å²) in [5.41, 5.74) is 6.82. The number of carbonyl (C=O) groups is 1. The standard InChI is InChI=1S/C31H41N3O2/c1-21(2)33(22(3)4)18-16-32-17-19-34-28-20-24(31(35)36)14-15-25(28)29(23-10-6-5-7-11-23)30(34)26-12-8-9-13-27(26)32/h8-9,12-15,20-23H,5-7,10-11,16-19H2,1-4H3,(H,35,36). The zero-order valence-corrected chi connectivity index (χ0v) is 22.3. The highest BCUT2D eigenvalue weighted by atomic mass is 16.4. The smallest absolute Gasteiger partial charge is 0.335 e. The van der Waals surface area contributed by atoms with Gasteiger partial charge in [0.05, 0.1) is 11.3 Å². The predicted octanol–water partition coefficient (Wildman–Crippen LogP) is 6.99. The van der Waals surface area contributed by atoms with Crippen LogP contribution < -0.4 is 4.90 Å². The minimum absolute atomic E-state index is 0.372. The van der Waals surface area contributed by atoms with E-state index in [-0.39, 0.29) is 0 Å². The molecule has 36 heavy (non-hydrogen) atoms. The maximum absolute atomic E-state index is 11.9. The van der Waals surface area contributed by atoms with Crippen molar-refractivity contribution in [2.75, 3.05) is 24.5 Å². The van der Waals surface area contributed by atoms with Crippen molar-refractivity contribution in [3.05, 3.63) is 53.6 Å². The fourth-order valence-corrected chi connectivity index (χ4v) is 6.71. The Balaban J connectivity index is 1.64. The first-order valence-corrected chi connectivity index (χ1v) is 13.9. The van der Waals surface area contributed by atoms with Gasteiger partial charge >= 0.3 is 5.97 Å². The van der Waals surface area contributed by atoms with Crippen molar-refractivity contribution < 1.29 is 9.90 Å². The second kappa shape index (κ2) is 10.3. The third-order valence-corrected chi connectivity index (χ3v) is 8.41. The molecule has 0 radical (unpaired) electrons. The van der Waals surface area contributed by atoms with Gasteiger partial charge in [0, 0.05) is 60.4 Å². The first-order valence-electron chi connectivity index (χ1n) is 13.9. The SMILES string of the molecule is CC(C)N(CCN1CCn2c(c(C3CCCCC3)c3ccc(C(=O)O)cc32)-c2ccccc21)C(C)C. The van der Waals surface area contributed by atoms with E-state index in [1.165, 1.54) is 60.0 Å². The molecule has 0 atom stereocenters. The van der Waals surface area contributed by atoms with Crippen LogP contribution in [0.15, 0.2) is 42.5 Å². The molecule has 1 aromatic heterocycles.